The summed E-state index contributed by atoms with van der Waals surface area (Å²) in [4.78, 5) is 12.1. The summed E-state index contributed by atoms with van der Waals surface area (Å²) in [5.41, 5.74) is 0. The lowest BCUT2D eigenvalue weighted by Gasteiger charge is -2.18. The molecule has 0 aromatic heterocycles. The maximum Gasteiger partial charge on any atom is 0.320 e. The van der Waals surface area contributed by atoms with Gasteiger partial charge in [0.2, 0.25) is 0 Å². The molecule has 1 aliphatic rings. The number of alkyl halides is 1. The number of carbonyl (C=O) groups is 1. The standard InChI is InChI=1S/C7H12FNO2/c1-5(7(10)11)9-3-2-6(8)4-9/h5-6H,2-4H2,1H3,(H,10,11)/t5-,6-/m0/s1. The fraction of sp³-hybridized carbons (Fsp3) is 0.857. The van der Waals surface area contributed by atoms with E-state index in [-0.39, 0.29) is 6.54 Å². The second kappa shape index (κ2) is 3.17. The number of nitrogens with zero attached hydrogens (tertiary/aromatic N) is 1. The monoisotopic (exact) mass is 161 g/mol. The van der Waals surface area contributed by atoms with Gasteiger partial charge in [0.1, 0.15) is 12.2 Å². The molecule has 1 saturated heterocycles. The zero-order valence-corrected chi connectivity index (χ0v) is 6.46. The molecule has 0 bridgehead atoms. The Bertz CT molecular complexity index is 163. The van der Waals surface area contributed by atoms with Crippen molar-refractivity contribution >= 4 is 5.97 Å². The molecule has 0 aromatic carbocycles. The first-order valence-electron chi connectivity index (χ1n) is 3.72. The summed E-state index contributed by atoms with van der Waals surface area (Å²) < 4.78 is 12.6. The van der Waals surface area contributed by atoms with Crippen molar-refractivity contribution in [3.8, 4) is 0 Å². The van der Waals surface area contributed by atoms with Gasteiger partial charge in [-0.1, -0.05) is 0 Å². The van der Waals surface area contributed by atoms with Gasteiger partial charge in [0.05, 0.1) is 0 Å². The van der Waals surface area contributed by atoms with Gasteiger partial charge in [-0.15, -0.1) is 0 Å². The highest BCUT2D eigenvalue weighted by molar-refractivity contribution is 5.72. The van der Waals surface area contributed by atoms with Crippen LogP contribution < -0.4 is 0 Å². The summed E-state index contributed by atoms with van der Waals surface area (Å²) in [5.74, 6) is -0.876. The topological polar surface area (TPSA) is 40.5 Å². The van der Waals surface area contributed by atoms with E-state index in [0.717, 1.165) is 0 Å². The number of rotatable bonds is 2. The Morgan fingerprint density at radius 2 is 2.45 bits per heavy atom. The molecule has 0 aromatic rings. The fourth-order valence-electron chi connectivity index (χ4n) is 1.25. The molecule has 64 valence electrons. The van der Waals surface area contributed by atoms with E-state index in [1.165, 1.54) is 0 Å². The SMILES string of the molecule is C[C@@H](C(=O)O)N1CC[C@H](F)C1. The number of aliphatic carboxylic acids is 1. The third-order valence-corrected chi connectivity index (χ3v) is 2.07. The number of hydrogen-bond donors (Lipinski definition) is 1. The Morgan fingerprint density at radius 3 is 2.82 bits per heavy atom. The summed E-state index contributed by atoms with van der Waals surface area (Å²) >= 11 is 0. The summed E-state index contributed by atoms with van der Waals surface area (Å²) in [6, 6.07) is -0.546. The number of carboxylic acid groups (broad SMARTS) is 1. The van der Waals surface area contributed by atoms with Crippen molar-refractivity contribution < 1.29 is 14.3 Å². The zero-order chi connectivity index (χ0) is 8.43. The van der Waals surface area contributed by atoms with E-state index in [4.69, 9.17) is 5.11 Å². The van der Waals surface area contributed by atoms with E-state index in [2.05, 4.69) is 0 Å². The van der Waals surface area contributed by atoms with Crippen LogP contribution in [0.3, 0.4) is 0 Å². The first kappa shape index (κ1) is 8.46. The zero-order valence-electron chi connectivity index (χ0n) is 6.46. The molecule has 0 spiro atoms. The van der Waals surface area contributed by atoms with E-state index in [1.54, 1.807) is 11.8 Å². The van der Waals surface area contributed by atoms with Gasteiger partial charge in [-0.05, 0) is 13.3 Å². The summed E-state index contributed by atoms with van der Waals surface area (Å²) in [5, 5.41) is 8.56. The Kier molecular flexibility index (Phi) is 2.44. The molecule has 4 heteroatoms. The van der Waals surface area contributed by atoms with Crippen molar-refractivity contribution in [2.45, 2.75) is 25.6 Å². The molecule has 0 aliphatic carbocycles. The molecular weight excluding hydrogens is 149 g/mol. The highest BCUT2D eigenvalue weighted by Gasteiger charge is 2.28. The molecule has 1 aliphatic heterocycles. The van der Waals surface area contributed by atoms with Crippen molar-refractivity contribution in [3.05, 3.63) is 0 Å². The number of hydrogen-bond acceptors (Lipinski definition) is 2. The molecule has 0 saturated carbocycles. The normalized spacial score (nSPS) is 28.7. The maximum absolute atomic E-state index is 12.6. The second-order valence-corrected chi connectivity index (χ2v) is 2.90. The average molecular weight is 161 g/mol. The largest absolute Gasteiger partial charge is 0.480 e. The quantitative estimate of drug-likeness (QED) is 0.641. The van der Waals surface area contributed by atoms with Crippen LogP contribution in [-0.4, -0.2) is 41.3 Å². The highest BCUT2D eigenvalue weighted by Crippen LogP contribution is 2.14. The van der Waals surface area contributed by atoms with E-state index >= 15 is 0 Å². The van der Waals surface area contributed by atoms with E-state index in [0.29, 0.717) is 13.0 Å². The Morgan fingerprint density at radius 1 is 1.82 bits per heavy atom. The van der Waals surface area contributed by atoms with Crippen molar-refractivity contribution in [1.82, 2.24) is 4.90 Å². The minimum atomic E-state index is -0.876. The molecule has 1 rings (SSSR count). The molecule has 1 fully saturated rings. The number of likely N-dealkylation sites (tertiary alicyclic amines) is 1. The number of halogens is 1. The highest BCUT2D eigenvalue weighted by atomic mass is 19.1. The Hall–Kier alpha value is -0.640. The van der Waals surface area contributed by atoms with E-state index in [9.17, 15) is 9.18 Å². The van der Waals surface area contributed by atoms with Crippen LogP contribution in [0.4, 0.5) is 4.39 Å². The summed E-state index contributed by atoms with van der Waals surface area (Å²) in [6.45, 7) is 2.42. The molecule has 2 atom stereocenters. The molecule has 3 nitrogen and oxygen atoms in total. The van der Waals surface area contributed by atoms with Gasteiger partial charge >= 0.3 is 5.97 Å². The third kappa shape index (κ3) is 1.89. The summed E-state index contributed by atoms with van der Waals surface area (Å²) in [6.07, 6.45) is -0.366. The molecule has 1 N–H and O–H groups in total. The van der Waals surface area contributed by atoms with Gasteiger partial charge in [0, 0.05) is 13.1 Å². The average Bonchev–Trinajstić information content (AvgIpc) is 2.34. The lowest BCUT2D eigenvalue weighted by Crippen LogP contribution is -2.37. The van der Waals surface area contributed by atoms with Crippen LogP contribution in [0.25, 0.3) is 0 Å². The van der Waals surface area contributed by atoms with Gasteiger partial charge in [-0.3, -0.25) is 9.69 Å². The first-order chi connectivity index (χ1) is 5.11. The third-order valence-electron chi connectivity index (χ3n) is 2.07. The second-order valence-electron chi connectivity index (χ2n) is 2.90. The predicted octanol–water partition coefficient (Wildman–Crippen LogP) is 0.503. The van der Waals surface area contributed by atoms with Crippen LogP contribution in [0.5, 0.6) is 0 Å². The van der Waals surface area contributed by atoms with Crippen LogP contribution in [0.15, 0.2) is 0 Å². The smallest absolute Gasteiger partial charge is 0.320 e. The fourth-order valence-corrected chi connectivity index (χ4v) is 1.25. The minimum Gasteiger partial charge on any atom is -0.480 e. The molecule has 1 heterocycles. The molecule has 11 heavy (non-hydrogen) atoms. The van der Waals surface area contributed by atoms with Gasteiger partial charge in [-0.2, -0.15) is 0 Å². The maximum atomic E-state index is 12.6. The minimum absolute atomic E-state index is 0.271. The predicted molar refractivity (Wildman–Crippen MR) is 38.2 cm³/mol. The first-order valence-corrected chi connectivity index (χ1v) is 3.72. The van der Waals surface area contributed by atoms with Crippen molar-refractivity contribution in [1.29, 1.82) is 0 Å². The van der Waals surface area contributed by atoms with Crippen LogP contribution in [-0.2, 0) is 4.79 Å². The Balaban J connectivity index is 2.43. The van der Waals surface area contributed by atoms with Crippen LogP contribution in [0.2, 0.25) is 0 Å². The number of carboxylic acids is 1. The van der Waals surface area contributed by atoms with Gasteiger partial charge in [0.15, 0.2) is 0 Å². The van der Waals surface area contributed by atoms with Crippen molar-refractivity contribution in [2.75, 3.05) is 13.1 Å². The van der Waals surface area contributed by atoms with Crippen LogP contribution in [0, 0.1) is 0 Å². The Labute approximate surface area is 64.8 Å². The van der Waals surface area contributed by atoms with E-state index in [1.807, 2.05) is 0 Å². The van der Waals surface area contributed by atoms with E-state index < -0.39 is 18.2 Å². The van der Waals surface area contributed by atoms with Crippen molar-refractivity contribution in [3.63, 3.8) is 0 Å². The lowest BCUT2D eigenvalue weighted by molar-refractivity contribution is -0.142. The molecular formula is C7H12FNO2. The van der Waals surface area contributed by atoms with Crippen LogP contribution >= 0.6 is 0 Å². The molecule has 0 amide bonds. The van der Waals surface area contributed by atoms with Gasteiger partial charge in [-0.25, -0.2) is 4.39 Å². The van der Waals surface area contributed by atoms with Gasteiger partial charge in [0.25, 0.3) is 0 Å². The van der Waals surface area contributed by atoms with Crippen LogP contribution in [0.1, 0.15) is 13.3 Å². The lowest BCUT2D eigenvalue weighted by atomic mass is 10.3. The van der Waals surface area contributed by atoms with Gasteiger partial charge < -0.3 is 5.11 Å². The van der Waals surface area contributed by atoms with Crippen molar-refractivity contribution in [2.24, 2.45) is 0 Å². The molecule has 0 unspecified atom stereocenters. The summed E-state index contributed by atoms with van der Waals surface area (Å²) in [7, 11) is 0. The molecule has 0 radical (unpaired) electrons.